The molecule has 0 aliphatic heterocycles. The normalized spacial score (nSPS) is 32.8. The van der Waals surface area contributed by atoms with Gasteiger partial charge in [-0.1, -0.05) is 31.0 Å². The Bertz CT molecular complexity index is 466. The van der Waals surface area contributed by atoms with Crippen molar-refractivity contribution in [1.82, 2.24) is 0 Å². The number of aliphatic hydroxyl groups excluding tert-OH is 2. The van der Waals surface area contributed by atoms with Crippen molar-refractivity contribution >= 4 is 8.32 Å². The summed E-state index contributed by atoms with van der Waals surface area (Å²) in [4.78, 5) is 5.43. The molecule has 0 radical (unpaired) electrons. The molecule has 1 saturated carbocycles. The Kier molecular flexibility index (Phi) is 5.86. The molecule has 5 atom stereocenters. The van der Waals surface area contributed by atoms with Gasteiger partial charge in [-0.3, -0.25) is 0 Å². The lowest BCUT2D eigenvalue weighted by molar-refractivity contribution is -0.0929. The Morgan fingerprint density at radius 3 is 1.77 bits per heavy atom. The Labute approximate surface area is 130 Å². The Balaban J connectivity index is 3.11. The summed E-state index contributed by atoms with van der Waals surface area (Å²) in [6.07, 6.45) is -3.12. The summed E-state index contributed by atoms with van der Waals surface area (Å²) in [7, 11) is -2.27. The molecule has 0 heterocycles. The molecule has 22 heavy (non-hydrogen) atoms. The summed E-state index contributed by atoms with van der Waals surface area (Å²) >= 11 is 0. The molecule has 0 amide bonds. The number of hydrogen-bond donors (Lipinski definition) is 2. The van der Waals surface area contributed by atoms with E-state index in [9.17, 15) is 10.2 Å². The number of azide groups is 2. The van der Waals surface area contributed by atoms with Crippen molar-refractivity contribution in [3.63, 3.8) is 0 Å². The Morgan fingerprint density at radius 1 is 1.05 bits per heavy atom. The zero-order valence-corrected chi connectivity index (χ0v) is 14.6. The molecule has 0 aromatic rings. The van der Waals surface area contributed by atoms with Crippen LogP contribution in [0.15, 0.2) is 10.2 Å². The zero-order chi connectivity index (χ0) is 17.1. The zero-order valence-electron chi connectivity index (χ0n) is 13.6. The van der Waals surface area contributed by atoms with Crippen LogP contribution in [0.25, 0.3) is 20.9 Å². The molecule has 0 saturated heterocycles. The summed E-state index contributed by atoms with van der Waals surface area (Å²) in [6.45, 7) is 10.1. The predicted molar refractivity (Wildman–Crippen MR) is 84.6 cm³/mol. The van der Waals surface area contributed by atoms with Crippen LogP contribution in [0.2, 0.25) is 18.1 Å². The fourth-order valence-corrected chi connectivity index (χ4v) is 3.50. The van der Waals surface area contributed by atoms with Gasteiger partial charge in [-0.05, 0) is 35.6 Å². The van der Waals surface area contributed by atoms with Crippen LogP contribution in [0.1, 0.15) is 27.2 Å². The van der Waals surface area contributed by atoms with Gasteiger partial charge in [0.15, 0.2) is 8.32 Å². The lowest BCUT2D eigenvalue weighted by Gasteiger charge is -2.46. The van der Waals surface area contributed by atoms with Gasteiger partial charge in [0.25, 0.3) is 0 Å². The first-order valence-electron chi connectivity index (χ1n) is 7.17. The molecular formula is C12H24N6O3Si. The van der Waals surface area contributed by atoms with E-state index in [-0.39, 0.29) is 11.5 Å². The van der Waals surface area contributed by atoms with Gasteiger partial charge in [-0.2, -0.15) is 0 Å². The van der Waals surface area contributed by atoms with Crippen LogP contribution in [0.3, 0.4) is 0 Å². The van der Waals surface area contributed by atoms with Gasteiger partial charge in [-0.25, -0.2) is 0 Å². The van der Waals surface area contributed by atoms with Gasteiger partial charge in [0.2, 0.25) is 0 Å². The highest BCUT2D eigenvalue weighted by Gasteiger charge is 2.48. The topological polar surface area (TPSA) is 147 Å². The minimum atomic E-state index is -2.27. The third-order valence-electron chi connectivity index (χ3n) is 4.58. The number of aliphatic hydroxyl groups is 2. The van der Waals surface area contributed by atoms with E-state index in [1.54, 1.807) is 0 Å². The van der Waals surface area contributed by atoms with Gasteiger partial charge in [-0.15, -0.1) is 0 Å². The summed E-state index contributed by atoms with van der Waals surface area (Å²) in [6, 6.07) is -1.59. The van der Waals surface area contributed by atoms with Crippen molar-refractivity contribution in [3.05, 3.63) is 20.9 Å². The average Bonchev–Trinajstić information content (AvgIpc) is 2.39. The molecule has 10 heteroatoms. The van der Waals surface area contributed by atoms with Gasteiger partial charge < -0.3 is 14.6 Å². The van der Waals surface area contributed by atoms with Gasteiger partial charge in [0.05, 0.1) is 30.4 Å². The van der Waals surface area contributed by atoms with Gasteiger partial charge in [0, 0.05) is 9.82 Å². The average molecular weight is 328 g/mol. The van der Waals surface area contributed by atoms with Gasteiger partial charge >= 0.3 is 0 Å². The molecule has 0 aromatic heterocycles. The molecule has 1 rings (SSSR count). The van der Waals surface area contributed by atoms with Crippen LogP contribution in [0.4, 0.5) is 0 Å². The van der Waals surface area contributed by atoms with E-state index in [2.05, 4.69) is 20.1 Å². The molecule has 1 aliphatic carbocycles. The van der Waals surface area contributed by atoms with Crippen molar-refractivity contribution in [2.45, 2.75) is 75.7 Å². The summed E-state index contributed by atoms with van der Waals surface area (Å²) in [5.41, 5.74) is 17.2. The first-order chi connectivity index (χ1) is 10.0. The largest absolute Gasteiger partial charge is 0.409 e. The lowest BCUT2D eigenvalue weighted by atomic mass is 9.85. The van der Waals surface area contributed by atoms with Crippen molar-refractivity contribution in [3.8, 4) is 0 Å². The summed E-state index contributed by atoms with van der Waals surface area (Å²) in [5.74, 6) is 0. The Hall–Kier alpha value is -1.28. The van der Waals surface area contributed by atoms with E-state index in [0.29, 0.717) is 0 Å². The fourth-order valence-electron chi connectivity index (χ4n) is 2.19. The third-order valence-corrected chi connectivity index (χ3v) is 9.06. The van der Waals surface area contributed by atoms with E-state index < -0.39 is 38.7 Å². The maximum absolute atomic E-state index is 10.4. The van der Waals surface area contributed by atoms with Crippen LogP contribution in [-0.2, 0) is 4.43 Å². The summed E-state index contributed by atoms with van der Waals surface area (Å²) < 4.78 is 6.09. The van der Waals surface area contributed by atoms with E-state index >= 15 is 0 Å². The molecular weight excluding hydrogens is 304 g/mol. The van der Waals surface area contributed by atoms with Crippen LogP contribution in [0.5, 0.6) is 0 Å². The molecule has 1 unspecified atom stereocenters. The van der Waals surface area contributed by atoms with Crippen LogP contribution < -0.4 is 0 Å². The molecule has 0 aromatic carbocycles. The first kappa shape index (κ1) is 18.8. The SMILES string of the molecule is CC(C)(C)[Si](C)(C)OC1[C@@H](O)[C@H](N=[N+]=[N-])C[C@H](N=[N+]=[N-])[C@H]1O. The molecule has 1 fully saturated rings. The van der Waals surface area contributed by atoms with E-state index in [1.165, 1.54) is 0 Å². The van der Waals surface area contributed by atoms with Crippen LogP contribution in [-0.4, -0.2) is 48.9 Å². The molecule has 9 nitrogen and oxygen atoms in total. The second kappa shape index (κ2) is 6.87. The number of rotatable bonds is 4. The molecule has 0 bridgehead atoms. The Morgan fingerprint density at radius 2 is 1.45 bits per heavy atom. The molecule has 1 aliphatic rings. The number of nitrogens with zero attached hydrogens (tertiary/aromatic N) is 6. The minimum Gasteiger partial charge on any atom is -0.409 e. The highest BCUT2D eigenvalue weighted by Crippen LogP contribution is 2.40. The molecule has 2 N–H and O–H groups in total. The third kappa shape index (κ3) is 3.92. The maximum Gasteiger partial charge on any atom is 0.192 e. The number of hydrogen-bond acceptors (Lipinski definition) is 5. The maximum atomic E-state index is 10.4. The minimum absolute atomic E-state index is 0.0911. The summed E-state index contributed by atoms with van der Waals surface area (Å²) in [5, 5.41) is 27.7. The monoisotopic (exact) mass is 328 g/mol. The van der Waals surface area contributed by atoms with Crippen LogP contribution >= 0.6 is 0 Å². The van der Waals surface area contributed by atoms with Crippen molar-refractivity contribution < 1.29 is 14.6 Å². The van der Waals surface area contributed by atoms with E-state index in [4.69, 9.17) is 15.5 Å². The smallest absolute Gasteiger partial charge is 0.192 e. The molecule has 0 spiro atoms. The lowest BCUT2D eigenvalue weighted by Crippen LogP contribution is -2.60. The highest BCUT2D eigenvalue weighted by molar-refractivity contribution is 6.74. The van der Waals surface area contributed by atoms with E-state index in [0.717, 1.165) is 0 Å². The second-order valence-corrected chi connectivity index (χ2v) is 11.9. The van der Waals surface area contributed by atoms with Crippen molar-refractivity contribution in [2.24, 2.45) is 10.2 Å². The van der Waals surface area contributed by atoms with Crippen molar-refractivity contribution in [2.75, 3.05) is 0 Å². The predicted octanol–water partition coefficient (Wildman–Crippen LogP) is 2.86. The second-order valence-electron chi connectivity index (χ2n) is 7.10. The standard InChI is InChI=1S/C12H24N6O3Si/c1-12(2,3)22(4,5)21-11-9(19)7(15-17-13)6-8(10(11)20)16-18-14/h7-11,19-20H,6H2,1-5H3/t7-,8+,9+,10-,11?. The van der Waals surface area contributed by atoms with E-state index in [1.807, 2.05) is 33.9 Å². The first-order valence-corrected chi connectivity index (χ1v) is 10.1. The molecule has 124 valence electrons. The fraction of sp³-hybridized carbons (Fsp3) is 1.00. The van der Waals surface area contributed by atoms with Crippen LogP contribution in [0, 0.1) is 0 Å². The van der Waals surface area contributed by atoms with Gasteiger partial charge in [0.1, 0.15) is 0 Å². The quantitative estimate of drug-likeness (QED) is 0.354. The highest BCUT2D eigenvalue weighted by atomic mass is 28.4. The van der Waals surface area contributed by atoms with Crippen molar-refractivity contribution in [1.29, 1.82) is 0 Å².